The van der Waals surface area contributed by atoms with Crippen LogP contribution in [-0.2, 0) is 0 Å². The van der Waals surface area contributed by atoms with Crippen LogP contribution in [0.15, 0.2) is 24.4 Å². The predicted octanol–water partition coefficient (Wildman–Crippen LogP) is 3.84. The fourth-order valence-electron chi connectivity index (χ4n) is 2.32. The van der Waals surface area contributed by atoms with Crippen molar-refractivity contribution in [2.75, 3.05) is 23.9 Å². The number of fused-ring (bicyclic) bond motifs is 2. The smallest absolute Gasteiger partial charge is 0.162 e. The maximum atomic E-state index is 5.67. The molecule has 2 unspecified atom stereocenters. The van der Waals surface area contributed by atoms with Crippen molar-refractivity contribution in [1.29, 1.82) is 0 Å². The number of pyridine rings is 1. The van der Waals surface area contributed by atoms with Crippen molar-refractivity contribution in [1.82, 2.24) is 4.98 Å². The molecule has 5 heteroatoms. The van der Waals surface area contributed by atoms with Gasteiger partial charge in [-0.15, -0.1) is 0 Å². The largest absolute Gasteiger partial charge is 0.486 e. The van der Waals surface area contributed by atoms with Crippen LogP contribution in [0.2, 0.25) is 0 Å². The average molecular weight is 351 g/mol. The molecule has 0 amide bonds. The van der Waals surface area contributed by atoms with Crippen LogP contribution >= 0.6 is 15.9 Å². The van der Waals surface area contributed by atoms with Gasteiger partial charge in [-0.2, -0.15) is 0 Å². The average Bonchev–Trinajstić information content (AvgIpc) is 2.52. The topological polar surface area (TPSA) is 43.4 Å². The molecule has 112 valence electrons. The maximum absolute atomic E-state index is 5.67. The van der Waals surface area contributed by atoms with Crippen molar-refractivity contribution in [2.45, 2.75) is 19.9 Å². The molecular formula is C16H19BrN2O2. The number of anilines is 1. The number of aromatic nitrogens is 1. The molecule has 0 aliphatic carbocycles. The van der Waals surface area contributed by atoms with Gasteiger partial charge >= 0.3 is 0 Å². The van der Waals surface area contributed by atoms with Gasteiger partial charge in [-0.25, -0.2) is 4.98 Å². The zero-order valence-corrected chi connectivity index (χ0v) is 13.8. The molecule has 0 saturated carbocycles. The molecule has 3 rings (SSSR count). The Morgan fingerprint density at radius 3 is 2.67 bits per heavy atom. The van der Waals surface area contributed by atoms with Gasteiger partial charge in [-0.3, -0.25) is 0 Å². The Kier molecular flexibility index (Phi) is 4.19. The first kappa shape index (κ1) is 14.4. The number of alkyl halides is 1. The molecule has 2 aromatic rings. The zero-order valence-electron chi connectivity index (χ0n) is 12.2. The number of nitrogens with zero attached hydrogens (tertiary/aromatic N) is 1. The Labute approximate surface area is 133 Å². The minimum absolute atomic E-state index is 0.329. The molecular weight excluding hydrogens is 332 g/mol. The number of nitrogens with one attached hydrogen (secondary N) is 1. The van der Waals surface area contributed by atoms with E-state index in [1.54, 1.807) is 0 Å². The molecule has 1 aromatic carbocycles. The Balaban J connectivity index is 1.99. The quantitative estimate of drug-likeness (QED) is 0.850. The molecule has 0 spiro atoms. The lowest BCUT2D eigenvalue weighted by Crippen LogP contribution is -2.25. The molecule has 2 atom stereocenters. The number of hydrogen-bond donors (Lipinski definition) is 1. The zero-order chi connectivity index (χ0) is 14.8. The second-order valence-corrected chi connectivity index (χ2v) is 6.09. The molecule has 1 aromatic heterocycles. The Hall–Kier alpha value is -1.49. The number of halogens is 1. The summed E-state index contributed by atoms with van der Waals surface area (Å²) in [6, 6.07) is 6.37. The van der Waals surface area contributed by atoms with E-state index in [4.69, 9.17) is 9.47 Å². The standard InChI is InChI=1S/C16H19BrN2O2/c1-10(9-17)11(2)19-16-13-8-15-14(20-5-6-21-15)7-12(13)3-4-18-16/h3-4,7-8,10-11H,5-6,9H2,1-2H3,(H,18,19). The van der Waals surface area contributed by atoms with E-state index in [-0.39, 0.29) is 0 Å². The van der Waals surface area contributed by atoms with E-state index >= 15 is 0 Å². The first-order chi connectivity index (χ1) is 10.2. The highest BCUT2D eigenvalue weighted by atomic mass is 79.9. The second kappa shape index (κ2) is 6.10. The van der Waals surface area contributed by atoms with Gasteiger partial charge in [0.25, 0.3) is 0 Å². The summed E-state index contributed by atoms with van der Waals surface area (Å²) in [6.45, 7) is 5.58. The van der Waals surface area contributed by atoms with Crippen molar-refractivity contribution in [3.05, 3.63) is 24.4 Å². The Morgan fingerprint density at radius 1 is 1.24 bits per heavy atom. The van der Waals surface area contributed by atoms with Crippen LogP contribution in [0.3, 0.4) is 0 Å². The highest BCUT2D eigenvalue weighted by molar-refractivity contribution is 9.09. The maximum Gasteiger partial charge on any atom is 0.162 e. The van der Waals surface area contributed by atoms with Crippen LogP contribution in [-0.4, -0.2) is 29.6 Å². The van der Waals surface area contributed by atoms with Gasteiger partial charge in [0, 0.05) is 23.0 Å². The number of ether oxygens (including phenoxy) is 2. The van der Waals surface area contributed by atoms with Crippen molar-refractivity contribution in [3.63, 3.8) is 0 Å². The van der Waals surface area contributed by atoms with Gasteiger partial charge in [0.05, 0.1) is 0 Å². The lowest BCUT2D eigenvalue weighted by molar-refractivity contribution is 0.172. The summed E-state index contributed by atoms with van der Waals surface area (Å²) < 4.78 is 11.3. The molecule has 4 nitrogen and oxygen atoms in total. The van der Waals surface area contributed by atoms with Gasteiger partial charge in [-0.05, 0) is 36.4 Å². The van der Waals surface area contributed by atoms with Crippen LogP contribution in [0, 0.1) is 5.92 Å². The fourth-order valence-corrected chi connectivity index (χ4v) is 2.88. The van der Waals surface area contributed by atoms with Crippen LogP contribution in [0.1, 0.15) is 13.8 Å². The van der Waals surface area contributed by atoms with Crippen molar-refractivity contribution in [3.8, 4) is 11.5 Å². The van der Waals surface area contributed by atoms with E-state index < -0.39 is 0 Å². The third-order valence-corrected chi connectivity index (χ3v) is 4.91. The van der Waals surface area contributed by atoms with Crippen LogP contribution in [0.5, 0.6) is 11.5 Å². The minimum atomic E-state index is 0.329. The Bertz CT molecular complexity index is 647. The van der Waals surface area contributed by atoms with E-state index in [0.717, 1.165) is 33.4 Å². The van der Waals surface area contributed by atoms with Crippen molar-refractivity contribution >= 4 is 32.5 Å². The molecule has 0 radical (unpaired) electrons. The van der Waals surface area contributed by atoms with Gasteiger partial charge in [0.15, 0.2) is 11.5 Å². The highest BCUT2D eigenvalue weighted by Crippen LogP contribution is 2.36. The first-order valence-electron chi connectivity index (χ1n) is 7.20. The van der Waals surface area contributed by atoms with Gasteiger partial charge < -0.3 is 14.8 Å². The van der Waals surface area contributed by atoms with Crippen LogP contribution < -0.4 is 14.8 Å². The normalized spacial score (nSPS) is 16.5. The number of rotatable bonds is 4. The first-order valence-corrected chi connectivity index (χ1v) is 8.32. The Morgan fingerprint density at radius 2 is 1.95 bits per heavy atom. The summed E-state index contributed by atoms with van der Waals surface area (Å²) in [5.74, 6) is 3.02. The molecule has 1 N–H and O–H groups in total. The predicted molar refractivity (Wildman–Crippen MR) is 88.8 cm³/mol. The molecule has 21 heavy (non-hydrogen) atoms. The van der Waals surface area contributed by atoms with Crippen LogP contribution in [0.25, 0.3) is 10.8 Å². The lowest BCUT2D eigenvalue weighted by atomic mass is 10.1. The molecule has 0 bridgehead atoms. The second-order valence-electron chi connectivity index (χ2n) is 5.44. The summed E-state index contributed by atoms with van der Waals surface area (Å²) in [7, 11) is 0. The van der Waals surface area contributed by atoms with E-state index in [1.807, 2.05) is 24.4 Å². The lowest BCUT2D eigenvalue weighted by Gasteiger charge is -2.22. The van der Waals surface area contributed by atoms with Crippen LogP contribution in [0.4, 0.5) is 5.82 Å². The van der Waals surface area contributed by atoms with Crippen molar-refractivity contribution in [2.24, 2.45) is 5.92 Å². The van der Waals surface area contributed by atoms with Gasteiger partial charge in [-0.1, -0.05) is 22.9 Å². The highest BCUT2D eigenvalue weighted by Gasteiger charge is 2.16. The van der Waals surface area contributed by atoms with E-state index in [1.165, 1.54) is 0 Å². The molecule has 1 aliphatic heterocycles. The summed E-state index contributed by atoms with van der Waals surface area (Å²) in [4.78, 5) is 4.49. The SMILES string of the molecule is CC(CBr)C(C)Nc1nccc2cc3c(cc12)OCCO3. The number of benzene rings is 1. The fraction of sp³-hybridized carbons (Fsp3) is 0.438. The third-order valence-electron chi connectivity index (χ3n) is 3.89. The summed E-state index contributed by atoms with van der Waals surface area (Å²) in [6.07, 6.45) is 1.83. The van der Waals surface area contributed by atoms with Gasteiger partial charge in [0.1, 0.15) is 19.0 Å². The van der Waals surface area contributed by atoms with E-state index in [2.05, 4.69) is 40.1 Å². The van der Waals surface area contributed by atoms with Gasteiger partial charge in [0.2, 0.25) is 0 Å². The third kappa shape index (κ3) is 2.93. The molecule has 1 aliphatic rings. The summed E-state index contributed by atoms with van der Waals surface area (Å²) in [5.41, 5.74) is 0. The monoisotopic (exact) mass is 350 g/mol. The molecule has 0 fully saturated rings. The molecule has 0 saturated heterocycles. The molecule has 2 heterocycles. The summed E-state index contributed by atoms with van der Waals surface area (Å²) >= 11 is 3.53. The summed E-state index contributed by atoms with van der Waals surface area (Å²) in [5, 5.41) is 6.63. The van der Waals surface area contributed by atoms with E-state index in [9.17, 15) is 0 Å². The minimum Gasteiger partial charge on any atom is -0.486 e. The van der Waals surface area contributed by atoms with Crippen molar-refractivity contribution < 1.29 is 9.47 Å². The number of hydrogen-bond acceptors (Lipinski definition) is 4. The van der Waals surface area contributed by atoms with E-state index in [0.29, 0.717) is 25.2 Å².